The van der Waals surface area contributed by atoms with Crippen molar-refractivity contribution in [2.45, 2.75) is 0 Å². The Labute approximate surface area is 150 Å². The van der Waals surface area contributed by atoms with Gasteiger partial charge in [0.15, 0.2) is 5.96 Å². The molecule has 0 saturated heterocycles. The van der Waals surface area contributed by atoms with Crippen LogP contribution >= 0.6 is 0 Å². The number of rotatable bonds is 4. The largest absolute Gasteiger partial charge is 0.384 e. The molecule has 3 rings (SSSR count). The lowest BCUT2D eigenvalue weighted by Crippen LogP contribution is -2.20. The molecule has 1 amide bonds. The minimum Gasteiger partial charge on any atom is -0.384 e. The molecule has 130 valence electrons. The number of guanidine groups is 1. The van der Waals surface area contributed by atoms with Crippen LogP contribution < -0.4 is 22.1 Å². The molecule has 0 aliphatic heterocycles. The van der Waals surface area contributed by atoms with Gasteiger partial charge in [0.25, 0.3) is 5.91 Å². The molecule has 7 heteroatoms. The number of nitrogens with one attached hydrogen (secondary N) is 4. The van der Waals surface area contributed by atoms with Gasteiger partial charge in [0.1, 0.15) is 5.84 Å². The minimum absolute atomic E-state index is 0.00359. The summed E-state index contributed by atoms with van der Waals surface area (Å²) in [5, 5.41) is 22.2. The number of fused-ring (bicyclic) bond motifs is 1. The van der Waals surface area contributed by atoms with E-state index in [2.05, 4.69) is 10.6 Å². The molecule has 0 bridgehead atoms. The summed E-state index contributed by atoms with van der Waals surface area (Å²) in [6, 6.07) is 17.7. The number of amidine groups is 1. The maximum atomic E-state index is 12.5. The number of amides is 1. The highest BCUT2D eigenvalue weighted by molar-refractivity contribution is 6.06. The highest BCUT2D eigenvalue weighted by Crippen LogP contribution is 2.21. The van der Waals surface area contributed by atoms with Crippen molar-refractivity contribution < 1.29 is 4.79 Å². The summed E-state index contributed by atoms with van der Waals surface area (Å²) >= 11 is 0. The number of nitrogen functional groups attached to an aromatic ring is 1. The van der Waals surface area contributed by atoms with Crippen molar-refractivity contribution >= 4 is 39.8 Å². The van der Waals surface area contributed by atoms with Crippen LogP contribution in [0.2, 0.25) is 0 Å². The van der Waals surface area contributed by atoms with E-state index < -0.39 is 0 Å². The van der Waals surface area contributed by atoms with E-state index in [1.54, 1.807) is 30.3 Å². The summed E-state index contributed by atoms with van der Waals surface area (Å²) in [5.74, 6) is -0.478. The first kappa shape index (κ1) is 17.0. The zero-order valence-corrected chi connectivity index (χ0v) is 13.8. The topological polar surface area (TPSA) is 141 Å². The molecule has 0 aromatic heterocycles. The van der Waals surface area contributed by atoms with Crippen molar-refractivity contribution in [1.82, 2.24) is 0 Å². The second kappa shape index (κ2) is 6.94. The Bertz CT molecular complexity index is 1030. The normalized spacial score (nSPS) is 10.3. The van der Waals surface area contributed by atoms with E-state index in [9.17, 15) is 4.79 Å². The summed E-state index contributed by atoms with van der Waals surface area (Å²) in [6.07, 6.45) is 0. The van der Waals surface area contributed by atoms with Gasteiger partial charge in [-0.25, -0.2) is 0 Å². The number of nitrogens with two attached hydrogens (primary N) is 2. The Kier molecular flexibility index (Phi) is 4.53. The van der Waals surface area contributed by atoms with Crippen LogP contribution in [0.15, 0.2) is 60.7 Å². The van der Waals surface area contributed by atoms with E-state index in [1.807, 2.05) is 30.3 Å². The van der Waals surface area contributed by atoms with Gasteiger partial charge < -0.3 is 22.1 Å². The van der Waals surface area contributed by atoms with Gasteiger partial charge in [-0.2, -0.15) is 0 Å². The first-order valence-electron chi connectivity index (χ1n) is 7.83. The van der Waals surface area contributed by atoms with E-state index in [0.717, 1.165) is 10.8 Å². The fourth-order valence-electron chi connectivity index (χ4n) is 2.59. The molecule has 0 aliphatic carbocycles. The average Bonchev–Trinajstić information content (AvgIpc) is 2.60. The molecule has 0 radical (unpaired) electrons. The summed E-state index contributed by atoms with van der Waals surface area (Å²) in [7, 11) is 0. The summed E-state index contributed by atoms with van der Waals surface area (Å²) in [4.78, 5) is 12.5. The maximum Gasteiger partial charge on any atom is 0.255 e. The molecule has 0 spiro atoms. The average molecular weight is 346 g/mol. The van der Waals surface area contributed by atoms with Gasteiger partial charge >= 0.3 is 0 Å². The van der Waals surface area contributed by atoms with Crippen LogP contribution in [0, 0.1) is 10.8 Å². The van der Waals surface area contributed by atoms with Crippen molar-refractivity contribution in [2.24, 2.45) is 11.5 Å². The predicted molar refractivity (Wildman–Crippen MR) is 105 cm³/mol. The Morgan fingerprint density at radius 3 is 2.23 bits per heavy atom. The first-order chi connectivity index (χ1) is 12.4. The Morgan fingerprint density at radius 2 is 1.50 bits per heavy atom. The van der Waals surface area contributed by atoms with Gasteiger partial charge in [-0.3, -0.25) is 15.6 Å². The number of carbonyl (C=O) groups excluding carboxylic acids is 1. The molecule has 0 unspecified atom stereocenters. The fourth-order valence-corrected chi connectivity index (χ4v) is 2.59. The SMILES string of the molecule is N=C(N)Nc1cccc(C(=O)Nc2ccc3ccc(C(=N)N)cc3c2)c1. The molecule has 8 N–H and O–H groups in total. The van der Waals surface area contributed by atoms with Crippen LogP contribution in [0.1, 0.15) is 15.9 Å². The molecular weight excluding hydrogens is 328 g/mol. The van der Waals surface area contributed by atoms with Crippen molar-refractivity contribution in [1.29, 1.82) is 10.8 Å². The first-order valence-corrected chi connectivity index (χ1v) is 7.83. The van der Waals surface area contributed by atoms with Crippen LogP contribution in [0.3, 0.4) is 0 Å². The fraction of sp³-hybridized carbons (Fsp3) is 0. The third-order valence-corrected chi connectivity index (χ3v) is 3.81. The Hall–Kier alpha value is -3.87. The van der Waals surface area contributed by atoms with Gasteiger partial charge in [0, 0.05) is 22.5 Å². The summed E-state index contributed by atoms with van der Waals surface area (Å²) in [6.45, 7) is 0. The van der Waals surface area contributed by atoms with E-state index in [1.165, 1.54) is 0 Å². The van der Waals surface area contributed by atoms with Crippen LogP contribution in [0.4, 0.5) is 11.4 Å². The molecule has 0 heterocycles. The second-order valence-electron chi connectivity index (χ2n) is 5.76. The van der Waals surface area contributed by atoms with Gasteiger partial charge in [-0.05, 0) is 47.2 Å². The molecular formula is C19H18N6O. The van der Waals surface area contributed by atoms with E-state index in [-0.39, 0.29) is 17.7 Å². The number of hydrogen-bond donors (Lipinski definition) is 6. The van der Waals surface area contributed by atoms with Crippen LogP contribution in [0.5, 0.6) is 0 Å². The number of anilines is 2. The second-order valence-corrected chi connectivity index (χ2v) is 5.76. The molecule has 26 heavy (non-hydrogen) atoms. The summed E-state index contributed by atoms with van der Waals surface area (Å²) in [5.41, 5.74) is 13.1. The van der Waals surface area contributed by atoms with Crippen molar-refractivity contribution in [3.8, 4) is 0 Å². The maximum absolute atomic E-state index is 12.5. The van der Waals surface area contributed by atoms with E-state index in [4.69, 9.17) is 22.3 Å². The zero-order chi connectivity index (χ0) is 18.7. The van der Waals surface area contributed by atoms with Gasteiger partial charge in [0.05, 0.1) is 0 Å². The number of carbonyl (C=O) groups is 1. The zero-order valence-electron chi connectivity index (χ0n) is 13.8. The van der Waals surface area contributed by atoms with Crippen molar-refractivity contribution in [2.75, 3.05) is 10.6 Å². The molecule has 0 aliphatic rings. The van der Waals surface area contributed by atoms with Gasteiger partial charge in [-0.1, -0.05) is 24.3 Å². The van der Waals surface area contributed by atoms with Crippen LogP contribution in [0.25, 0.3) is 10.8 Å². The molecule has 3 aromatic rings. The quantitative estimate of drug-likeness (QED) is 0.319. The molecule has 0 saturated carbocycles. The predicted octanol–water partition coefficient (Wildman–Crippen LogP) is 2.68. The highest BCUT2D eigenvalue weighted by Gasteiger charge is 2.08. The standard InChI is InChI=1S/C19H18N6O/c20-17(21)12-5-4-11-6-7-16(10-14(11)8-12)24-18(26)13-2-1-3-15(9-13)25-19(22)23/h1-10H,(H3,20,21)(H,24,26)(H4,22,23,25). The van der Waals surface area contributed by atoms with Crippen LogP contribution in [-0.4, -0.2) is 17.7 Å². The van der Waals surface area contributed by atoms with Crippen molar-refractivity contribution in [3.63, 3.8) is 0 Å². The highest BCUT2D eigenvalue weighted by atomic mass is 16.1. The third kappa shape index (κ3) is 3.78. The summed E-state index contributed by atoms with van der Waals surface area (Å²) < 4.78 is 0. The lowest BCUT2D eigenvalue weighted by atomic mass is 10.1. The lowest BCUT2D eigenvalue weighted by Gasteiger charge is -2.09. The van der Waals surface area contributed by atoms with Gasteiger partial charge in [-0.15, -0.1) is 0 Å². The third-order valence-electron chi connectivity index (χ3n) is 3.81. The Balaban J connectivity index is 1.84. The minimum atomic E-state index is -0.278. The monoisotopic (exact) mass is 346 g/mol. The number of benzene rings is 3. The van der Waals surface area contributed by atoms with E-state index >= 15 is 0 Å². The molecule has 0 atom stereocenters. The molecule has 0 fully saturated rings. The lowest BCUT2D eigenvalue weighted by molar-refractivity contribution is 0.102. The Morgan fingerprint density at radius 1 is 0.769 bits per heavy atom. The smallest absolute Gasteiger partial charge is 0.255 e. The van der Waals surface area contributed by atoms with Crippen molar-refractivity contribution in [3.05, 3.63) is 71.8 Å². The van der Waals surface area contributed by atoms with Crippen LogP contribution in [-0.2, 0) is 0 Å². The molecule has 3 aromatic carbocycles. The van der Waals surface area contributed by atoms with Gasteiger partial charge in [0.2, 0.25) is 0 Å². The number of hydrogen-bond acceptors (Lipinski definition) is 3. The van der Waals surface area contributed by atoms with E-state index in [0.29, 0.717) is 22.5 Å². The molecule has 7 nitrogen and oxygen atoms in total.